The highest BCUT2D eigenvalue weighted by atomic mass is 16.5. The van der Waals surface area contributed by atoms with Crippen molar-refractivity contribution < 1.29 is 9.84 Å². The molecule has 138 valence electrons. The van der Waals surface area contributed by atoms with Crippen molar-refractivity contribution in [3.8, 4) is 5.75 Å². The number of aromatic nitrogens is 2. The van der Waals surface area contributed by atoms with Gasteiger partial charge in [-0.1, -0.05) is 43.2 Å². The zero-order chi connectivity index (χ0) is 18.4. The third kappa shape index (κ3) is 4.44. The minimum absolute atomic E-state index is 0.504. The van der Waals surface area contributed by atoms with Crippen molar-refractivity contribution in [3.05, 3.63) is 59.9 Å². The lowest BCUT2D eigenvalue weighted by Crippen LogP contribution is -2.10. The van der Waals surface area contributed by atoms with E-state index in [9.17, 15) is 5.11 Å². The predicted molar refractivity (Wildman–Crippen MR) is 106 cm³/mol. The van der Waals surface area contributed by atoms with Crippen molar-refractivity contribution in [2.45, 2.75) is 52.2 Å². The quantitative estimate of drug-likeness (QED) is 0.549. The number of nitrogens with zero attached hydrogens (tertiary/aromatic N) is 2. The Labute approximate surface area is 155 Å². The Morgan fingerprint density at radius 3 is 2.62 bits per heavy atom. The predicted octanol–water partition coefficient (Wildman–Crippen LogP) is 5.04. The molecular formula is C22H28N2O2. The molecule has 26 heavy (non-hydrogen) atoms. The second-order valence-electron chi connectivity index (χ2n) is 6.78. The summed E-state index contributed by atoms with van der Waals surface area (Å²) in [4.78, 5) is 4.67. The summed E-state index contributed by atoms with van der Waals surface area (Å²) in [6.45, 7) is 5.69. The lowest BCUT2D eigenvalue weighted by atomic mass is 10.2. The van der Waals surface area contributed by atoms with Crippen LogP contribution in [0.25, 0.3) is 11.0 Å². The molecule has 4 heteroatoms. The molecule has 0 saturated heterocycles. The summed E-state index contributed by atoms with van der Waals surface area (Å²) < 4.78 is 7.98. The third-order valence-electron chi connectivity index (χ3n) is 4.61. The Morgan fingerprint density at radius 2 is 1.85 bits per heavy atom. The second kappa shape index (κ2) is 8.86. The Bertz CT molecular complexity index is 824. The zero-order valence-electron chi connectivity index (χ0n) is 15.7. The van der Waals surface area contributed by atoms with E-state index < -0.39 is 6.10 Å². The molecule has 1 heterocycles. The molecule has 2 aromatic carbocycles. The largest absolute Gasteiger partial charge is 0.494 e. The first-order chi connectivity index (χ1) is 12.7. The van der Waals surface area contributed by atoms with Gasteiger partial charge in [-0.3, -0.25) is 0 Å². The van der Waals surface area contributed by atoms with Crippen LogP contribution in [0.1, 0.15) is 50.1 Å². The van der Waals surface area contributed by atoms with E-state index in [0.717, 1.165) is 54.8 Å². The van der Waals surface area contributed by atoms with Gasteiger partial charge in [0.2, 0.25) is 0 Å². The molecule has 0 radical (unpaired) electrons. The number of hydrogen-bond donors (Lipinski definition) is 1. The van der Waals surface area contributed by atoms with Gasteiger partial charge in [0, 0.05) is 6.54 Å². The van der Waals surface area contributed by atoms with Gasteiger partial charge in [0.25, 0.3) is 0 Å². The standard InChI is InChI=1S/C22H28N2O2/c1-3-8-21(25)22-23-19-9-4-5-10-20(19)24(22)15-6-7-16-26-18-13-11-17(2)12-14-18/h4-5,9-14,21,25H,3,6-8,15-16H2,1-2H3. The van der Waals surface area contributed by atoms with Crippen LogP contribution < -0.4 is 4.74 Å². The summed E-state index contributed by atoms with van der Waals surface area (Å²) in [6.07, 6.45) is 3.12. The van der Waals surface area contributed by atoms with Gasteiger partial charge < -0.3 is 14.4 Å². The molecule has 3 rings (SSSR count). The van der Waals surface area contributed by atoms with Crippen LogP contribution in [0.5, 0.6) is 5.75 Å². The maximum atomic E-state index is 10.5. The van der Waals surface area contributed by atoms with E-state index in [1.54, 1.807) is 0 Å². The lowest BCUT2D eigenvalue weighted by molar-refractivity contribution is 0.152. The SMILES string of the molecule is CCCC(O)c1nc2ccccc2n1CCCCOc1ccc(C)cc1. The Balaban J connectivity index is 1.60. The number of aliphatic hydroxyl groups excluding tert-OH is 1. The number of para-hydroxylation sites is 2. The fourth-order valence-corrected chi connectivity index (χ4v) is 3.18. The number of aryl methyl sites for hydroxylation is 2. The fourth-order valence-electron chi connectivity index (χ4n) is 3.18. The number of unbranched alkanes of at least 4 members (excludes halogenated alkanes) is 1. The highest BCUT2D eigenvalue weighted by molar-refractivity contribution is 5.76. The highest BCUT2D eigenvalue weighted by Gasteiger charge is 2.17. The molecule has 1 atom stereocenters. The van der Waals surface area contributed by atoms with Crippen LogP contribution >= 0.6 is 0 Å². The maximum absolute atomic E-state index is 10.5. The molecule has 0 saturated carbocycles. The van der Waals surface area contributed by atoms with Crippen LogP contribution in [0.2, 0.25) is 0 Å². The average Bonchev–Trinajstić information content (AvgIpc) is 3.02. The second-order valence-corrected chi connectivity index (χ2v) is 6.78. The first-order valence-electron chi connectivity index (χ1n) is 9.51. The number of fused-ring (bicyclic) bond motifs is 1. The van der Waals surface area contributed by atoms with Crippen LogP contribution in [0.15, 0.2) is 48.5 Å². The van der Waals surface area contributed by atoms with E-state index in [0.29, 0.717) is 6.61 Å². The third-order valence-corrected chi connectivity index (χ3v) is 4.61. The summed E-state index contributed by atoms with van der Waals surface area (Å²) in [7, 11) is 0. The van der Waals surface area contributed by atoms with Gasteiger partial charge in [0.1, 0.15) is 17.7 Å². The summed E-state index contributed by atoms with van der Waals surface area (Å²) in [5, 5.41) is 10.5. The van der Waals surface area contributed by atoms with Crippen molar-refractivity contribution in [1.29, 1.82) is 0 Å². The Morgan fingerprint density at radius 1 is 1.08 bits per heavy atom. The molecule has 3 aromatic rings. The van der Waals surface area contributed by atoms with Crippen LogP contribution in [0.4, 0.5) is 0 Å². The van der Waals surface area contributed by atoms with E-state index in [2.05, 4.69) is 41.6 Å². The van der Waals surface area contributed by atoms with E-state index in [1.165, 1.54) is 5.56 Å². The molecule has 0 aliphatic carbocycles. The number of rotatable bonds is 9. The van der Waals surface area contributed by atoms with Crippen LogP contribution in [0.3, 0.4) is 0 Å². The van der Waals surface area contributed by atoms with Crippen molar-refractivity contribution >= 4 is 11.0 Å². The van der Waals surface area contributed by atoms with Gasteiger partial charge in [-0.25, -0.2) is 4.98 Å². The van der Waals surface area contributed by atoms with Gasteiger partial charge in [0.05, 0.1) is 17.6 Å². The molecule has 1 unspecified atom stereocenters. The van der Waals surface area contributed by atoms with Crippen LogP contribution in [-0.2, 0) is 6.54 Å². The first-order valence-corrected chi connectivity index (χ1v) is 9.51. The van der Waals surface area contributed by atoms with Gasteiger partial charge >= 0.3 is 0 Å². The minimum Gasteiger partial charge on any atom is -0.494 e. The minimum atomic E-state index is -0.504. The summed E-state index contributed by atoms with van der Waals surface area (Å²) >= 11 is 0. The number of imidazole rings is 1. The summed E-state index contributed by atoms with van der Waals surface area (Å²) in [5.41, 5.74) is 3.29. The summed E-state index contributed by atoms with van der Waals surface area (Å²) in [5.74, 6) is 1.70. The Hall–Kier alpha value is -2.33. The fraction of sp³-hybridized carbons (Fsp3) is 0.409. The number of hydrogen-bond acceptors (Lipinski definition) is 3. The molecule has 0 spiro atoms. The average molecular weight is 352 g/mol. The molecule has 0 fully saturated rings. The Kier molecular flexibility index (Phi) is 6.29. The number of ether oxygens (including phenoxy) is 1. The van der Waals surface area contributed by atoms with E-state index in [4.69, 9.17) is 4.74 Å². The molecule has 4 nitrogen and oxygen atoms in total. The van der Waals surface area contributed by atoms with Crippen molar-refractivity contribution in [2.75, 3.05) is 6.61 Å². The van der Waals surface area contributed by atoms with Crippen molar-refractivity contribution in [1.82, 2.24) is 9.55 Å². The highest BCUT2D eigenvalue weighted by Crippen LogP contribution is 2.24. The maximum Gasteiger partial charge on any atom is 0.138 e. The van der Waals surface area contributed by atoms with Gasteiger partial charge in [-0.05, 0) is 50.5 Å². The van der Waals surface area contributed by atoms with Gasteiger partial charge in [-0.15, -0.1) is 0 Å². The molecule has 1 N–H and O–H groups in total. The normalized spacial score (nSPS) is 12.4. The molecular weight excluding hydrogens is 324 g/mol. The lowest BCUT2D eigenvalue weighted by Gasteiger charge is -2.13. The van der Waals surface area contributed by atoms with Gasteiger partial charge in [-0.2, -0.15) is 0 Å². The first kappa shape index (κ1) is 18.5. The van der Waals surface area contributed by atoms with Crippen molar-refractivity contribution in [3.63, 3.8) is 0 Å². The smallest absolute Gasteiger partial charge is 0.138 e. The number of benzene rings is 2. The van der Waals surface area contributed by atoms with E-state index in [1.807, 2.05) is 30.3 Å². The van der Waals surface area contributed by atoms with Crippen LogP contribution in [-0.4, -0.2) is 21.3 Å². The zero-order valence-corrected chi connectivity index (χ0v) is 15.7. The molecule has 0 aliphatic heterocycles. The van der Waals surface area contributed by atoms with Crippen molar-refractivity contribution in [2.24, 2.45) is 0 Å². The molecule has 0 amide bonds. The summed E-state index contributed by atoms with van der Waals surface area (Å²) in [6, 6.07) is 16.3. The molecule has 1 aromatic heterocycles. The molecule has 0 bridgehead atoms. The van der Waals surface area contributed by atoms with E-state index >= 15 is 0 Å². The topological polar surface area (TPSA) is 47.3 Å². The number of aliphatic hydroxyl groups is 1. The molecule has 0 aliphatic rings. The monoisotopic (exact) mass is 352 g/mol. The van der Waals surface area contributed by atoms with Gasteiger partial charge in [0.15, 0.2) is 0 Å². The van der Waals surface area contributed by atoms with E-state index in [-0.39, 0.29) is 0 Å². The van der Waals surface area contributed by atoms with Crippen LogP contribution in [0, 0.1) is 6.92 Å².